The molecule has 0 spiro atoms. The zero-order chi connectivity index (χ0) is 24.5. The number of hydrogen-bond donors (Lipinski definition) is 1. The molecule has 0 aliphatic heterocycles. The molecule has 7 heteroatoms. The van der Waals surface area contributed by atoms with E-state index in [4.69, 9.17) is 0 Å². The fourth-order valence-corrected chi connectivity index (χ4v) is 7.91. The Bertz CT molecular complexity index is 1210. The molecule has 4 aliphatic rings. The highest BCUT2D eigenvalue weighted by Gasteiger charge is 2.54. The van der Waals surface area contributed by atoms with Crippen molar-refractivity contribution in [1.82, 2.24) is 20.1 Å². The Morgan fingerprint density at radius 2 is 1.50 bits per heavy atom. The van der Waals surface area contributed by atoms with Crippen molar-refractivity contribution in [3.8, 4) is 0 Å². The van der Waals surface area contributed by atoms with Crippen LogP contribution in [0.25, 0.3) is 0 Å². The van der Waals surface area contributed by atoms with Crippen LogP contribution in [-0.2, 0) is 17.9 Å². The predicted molar refractivity (Wildman–Crippen MR) is 140 cm³/mol. The van der Waals surface area contributed by atoms with Gasteiger partial charge in [-0.1, -0.05) is 72.4 Å². The molecule has 6 nitrogen and oxygen atoms in total. The van der Waals surface area contributed by atoms with E-state index >= 15 is 0 Å². The van der Waals surface area contributed by atoms with Gasteiger partial charge in [-0.15, -0.1) is 10.2 Å². The number of hydrogen-bond acceptors (Lipinski definition) is 5. The maximum Gasteiger partial charge on any atom is 0.226 e. The summed E-state index contributed by atoms with van der Waals surface area (Å²) in [4.78, 5) is 26.2. The molecule has 0 saturated heterocycles. The van der Waals surface area contributed by atoms with Crippen LogP contribution in [0, 0.1) is 23.2 Å². The van der Waals surface area contributed by atoms with E-state index in [1.165, 1.54) is 31.0 Å². The van der Waals surface area contributed by atoms with Gasteiger partial charge in [-0.05, 0) is 61.8 Å². The fourth-order valence-electron chi connectivity index (χ4n) is 7.05. The first-order valence-electron chi connectivity index (χ1n) is 13.0. The van der Waals surface area contributed by atoms with Gasteiger partial charge in [0.05, 0.1) is 18.8 Å². The van der Waals surface area contributed by atoms with Gasteiger partial charge in [-0.25, -0.2) is 0 Å². The average molecular weight is 501 g/mol. The second kappa shape index (κ2) is 9.85. The van der Waals surface area contributed by atoms with E-state index in [1.807, 2.05) is 53.1 Å². The minimum Gasteiger partial charge on any atom is -0.348 e. The van der Waals surface area contributed by atoms with Gasteiger partial charge in [0.2, 0.25) is 5.91 Å². The summed E-state index contributed by atoms with van der Waals surface area (Å²) in [6, 6.07) is 19.5. The summed E-state index contributed by atoms with van der Waals surface area (Å²) in [5.74, 6) is 3.47. The summed E-state index contributed by atoms with van der Waals surface area (Å²) in [7, 11) is 0. The second-order valence-corrected chi connectivity index (χ2v) is 11.9. The van der Waals surface area contributed by atoms with Gasteiger partial charge in [0, 0.05) is 11.0 Å². The van der Waals surface area contributed by atoms with E-state index < -0.39 is 0 Å². The molecule has 2 aromatic carbocycles. The summed E-state index contributed by atoms with van der Waals surface area (Å²) >= 11 is 1.40. The molecular formula is C29H32N4O2S. The van der Waals surface area contributed by atoms with Gasteiger partial charge in [-0.2, -0.15) is 0 Å². The number of Topliss-reactive ketones (excluding diaryl/α,β-unsaturated/α-hetero) is 1. The predicted octanol–water partition coefficient (Wildman–Crippen LogP) is 5.13. The maximum atomic E-state index is 13.5. The molecule has 0 radical (unpaired) electrons. The van der Waals surface area contributed by atoms with Crippen molar-refractivity contribution >= 4 is 23.5 Å². The number of ketones is 1. The lowest BCUT2D eigenvalue weighted by Crippen LogP contribution is -2.53. The van der Waals surface area contributed by atoms with Crippen molar-refractivity contribution < 1.29 is 9.59 Å². The van der Waals surface area contributed by atoms with Gasteiger partial charge in [0.15, 0.2) is 16.8 Å². The fraction of sp³-hybridized carbons (Fsp3) is 0.448. The summed E-state index contributed by atoms with van der Waals surface area (Å²) in [5, 5.41) is 12.8. The average Bonchev–Trinajstić information content (AvgIpc) is 3.27. The normalized spacial score (nSPS) is 26.2. The zero-order valence-electron chi connectivity index (χ0n) is 20.4. The number of nitrogens with one attached hydrogen (secondary N) is 1. The quantitative estimate of drug-likeness (QED) is 0.325. The summed E-state index contributed by atoms with van der Waals surface area (Å²) < 4.78 is 2.04. The Hall–Kier alpha value is -2.93. The first-order chi connectivity index (χ1) is 17.6. The number of aromatic nitrogens is 3. The number of amides is 1. The molecule has 36 heavy (non-hydrogen) atoms. The molecule has 0 atom stereocenters. The van der Waals surface area contributed by atoms with Crippen molar-refractivity contribution in [2.45, 2.75) is 56.8 Å². The van der Waals surface area contributed by atoms with Gasteiger partial charge in [-0.3, -0.25) is 9.59 Å². The number of thioether (sulfide) groups is 1. The Kier molecular flexibility index (Phi) is 6.42. The molecule has 7 rings (SSSR count). The number of carbonyl (C=O) groups is 2. The lowest BCUT2D eigenvalue weighted by molar-refractivity contribution is -0.146. The second-order valence-electron chi connectivity index (χ2n) is 10.9. The third-order valence-corrected chi connectivity index (χ3v) is 9.30. The lowest BCUT2D eigenvalue weighted by atomic mass is 9.49. The van der Waals surface area contributed by atoms with Gasteiger partial charge in [0.1, 0.15) is 0 Å². The van der Waals surface area contributed by atoms with Crippen molar-refractivity contribution in [3.63, 3.8) is 0 Å². The van der Waals surface area contributed by atoms with Gasteiger partial charge in [0.25, 0.3) is 0 Å². The molecule has 3 aromatic rings. The van der Waals surface area contributed by atoms with Crippen molar-refractivity contribution in [2.24, 2.45) is 23.2 Å². The monoisotopic (exact) mass is 500 g/mol. The van der Waals surface area contributed by atoms with Crippen LogP contribution in [0.2, 0.25) is 0 Å². The third-order valence-electron chi connectivity index (χ3n) is 8.33. The lowest BCUT2D eigenvalue weighted by Gasteiger charge is -2.55. The van der Waals surface area contributed by atoms with Crippen molar-refractivity contribution in [2.75, 3.05) is 5.75 Å². The van der Waals surface area contributed by atoms with Crippen LogP contribution >= 0.6 is 11.8 Å². The van der Waals surface area contributed by atoms with Crippen molar-refractivity contribution in [1.29, 1.82) is 0 Å². The Balaban J connectivity index is 1.17. The molecule has 4 bridgehead atoms. The molecule has 1 amide bonds. The van der Waals surface area contributed by atoms with Crippen LogP contribution in [0.4, 0.5) is 0 Å². The summed E-state index contributed by atoms with van der Waals surface area (Å²) in [6.45, 7) is 0.950. The molecule has 4 fully saturated rings. The largest absolute Gasteiger partial charge is 0.348 e. The van der Waals surface area contributed by atoms with E-state index in [-0.39, 0.29) is 22.9 Å². The van der Waals surface area contributed by atoms with E-state index in [2.05, 4.69) is 27.6 Å². The highest BCUT2D eigenvalue weighted by atomic mass is 32.2. The van der Waals surface area contributed by atoms with Gasteiger partial charge < -0.3 is 9.88 Å². The van der Waals surface area contributed by atoms with E-state index in [0.29, 0.717) is 23.8 Å². The molecule has 1 N–H and O–H groups in total. The molecule has 4 saturated carbocycles. The SMILES string of the molecule is O=C(CSc1nnc(CNC(=O)C23CC4CC(CC(C4)C2)C3)n1Cc1ccccc1)c1ccccc1. The molecule has 1 heterocycles. The number of benzene rings is 2. The van der Waals surface area contributed by atoms with Crippen LogP contribution in [0.5, 0.6) is 0 Å². The summed E-state index contributed by atoms with van der Waals surface area (Å²) in [6.07, 6.45) is 7.10. The Morgan fingerprint density at radius 1 is 0.889 bits per heavy atom. The standard InChI is InChI=1S/C29H32N4O2S/c34-25(24-9-5-2-6-10-24)19-36-28-32-31-26(33(28)18-20-7-3-1-4-8-20)17-30-27(35)29-14-21-11-22(15-29)13-23(12-21)16-29/h1-10,21-23H,11-19H2,(H,30,35). The molecule has 0 unspecified atom stereocenters. The number of carbonyl (C=O) groups excluding carboxylic acids is 2. The van der Waals surface area contributed by atoms with Crippen LogP contribution < -0.4 is 5.32 Å². The van der Waals surface area contributed by atoms with E-state index in [9.17, 15) is 9.59 Å². The Morgan fingerprint density at radius 3 is 2.14 bits per heavy atom. The third kappa shape index (κ3) is 4.73. The topological polar surface area (TPSA) is 76.9 Å². The molecule has 186 valence electrons. The van der Waals surface area contributed by atoms with E-state index in [0.717, 1.165) is 48.4 Å². The maximum absolute atomic E-state index is 13.5. The minimum absolute atomic E-state index is 0.0616. The minimum atomic E-state index is -0.182. The first kappa shape index (κ1) is 23.5. The van der Waals surface area contributed by atoms with E-state index in [1.54, 1.807) is 0 Å². The highest BCUT2D eigenvalue weighted by molar-refractivity contribution is 7.99. The number of rotatable bonds is 9. The highest BCUT2D eigenvalue weighted by Crippen LogP contribution is 2.60. The first-order valence-corrected chi connectivity index (χ1v) is 14.0. The van der Waals surface area contributed by atoms with Crippen LogP contribution in [0.1, 0.15) is 60.3 Å². The Labute approximate surface area is 216 Å². The zero-order valence-corrected chi connectivity index (χ0v) is 21.3. The van der Waals surface area contributed by atoms with Crippen LogP contribution in [0.15, 0.2) is 65.8 Å². The van der Waals surface area contributed by atoms with Crippen LogP contribution in [0.3, 0.4) is 0 Å². The molecular weight excluding hydrogens is 468 g/mol. The van der Waals surface area contributed by atoms with Gasteiger partial charge >= 0.3 is 0 Å². The van der Waals surface area contributed by atoms with Crippen LogP contribution in [-0.4, -0.2) is 32.2 Å². The molecule has 1 aromatic heterocycles. The summed E-state index contributed by atoms with van der Waals surface area (Å²) in [5.41, 5.74) is 1.64. The smallest absolute Gasteiger partial charge is 0.226 e. The molecule has 4 aliphatic carbocycles. The number of nitrogens with zero attached hydrogens (tertiary/aromatic N) is 3. The van der Waals surface area contributed by atoms with Crippen molar-refractivity contribution in [3.05, 3.63) is 77.6 Å².